The van der Waals surface area contributed by atoms with Crippen molar-refractivity contribution >= 4 is 34.0 Å². The molecule has 3 aromatic heterocycles. The second-order valence-electron chi connectivity index (χ2n) is 9.20. The fourth-order valence-corrected chi connectivity index (χ4v) is 4.63. The SMILES string of the molecule is CNC1(C)CCN(c2ccc(C(=O)Nc3cn4cc(C)nc4c(OC)n3)c3nn(C)cc23)CC1. The first-order chi connectivity index (χ1) is 16.3. The van der Waals surface area contributed by atoms with Crippen molar-refractivity contribution in [2.24, 2.45) is 7.05 Å². The molecule has 0 aliphatic carbocycles. The summed E-state index contributed by atoms with van der Waals surface area (Å²) >= 11 is 0. The number of carbonyl (C=O) groups excluding carboxylic acids is 1. The average molecular weight is 463 g/mol. The van der Waals surface area contributed by atoms with E-state index in [1.54, 1.807) is 15.3 Å². The predicted octanol–water partition coefficient (Wildman–Crippen LogP) is 2.76. The highest BCUT2D eigenvalue weighted by Gasteiger charge is 2.29. The highest BCUT2D eigenvalue weighted by Crippen LogP contribution is 2.33. The number of aromatic nitrogens is 5. The van der Waals surface area contributed by atoms with Crippen molar-refractivity contribution in [2.75, 3.05) is 37.5 Å². The first kappa shape index (κ1) is 22.1. The molecule has 5 rings (SSSR count). The zero-order chi connectivity index (χ0) is 24.0. The maximum absolute atomic E-state index is 13.3. The summed E-state index contributed by atoms with van der Waals surface area (Å²) in [6, 6.07) is 3.88. The van der Waals surface area contributed by atoms with Gasteiger partial charge in [-0.2, -0.15) is 10.1 Å². The number of nitrogens with one attached hydrogen (secondary N) is 2. The van der Waals surface area contributed by atoms with Crippen LogP contribution in [-0.4, -0.2) is 62.8 Å². The molecule has 4 aromatic rings. The maximum Gasteiger partial charge on any atom is 0.260 e. The number of piperidine rings is 1. The number of hydrogen-bond donors (Lipinski definition) is 2. The number of carbonyl (C=O) groups is 1. The van der Waals surface area contributed by atoms with E-state index in [2.05, 4.69) is 37.5 Å². The van der Waals surface area contributed by atoms with Crippen LogP contribution in [0.15, 0.2) is 30.7 Å². The molecule has 1 saturated heterocycles. The van der Waals surface area contributed by atoms with Crippen LogP contribution in [0.5, 0.6) is 5.88 Å². The van der Waals surface area contributed by atoms with E-state index in [1.807, 2.05) is 45.5 Å². The average Bonchev–Trinajstić information content (AvgIpc) is 3.39. The highest BCUT2D eigenvalue weighted by molar-refractivity contribution is 6.13. The summed E-state index contributed by atoms with van der Waals surface area (Å²) in [5.41, 5.74) is 3.87. The molecule has 34 heavy (non-hydrogen) atoms. The number of imidazole rings is 1. The summed E-state index contributed by atoms with van der Waals surface area (Å²) in [5, 5.41) is 11.9. The second-order valence-corrected chi connectivity index (χ2v) is 9.20. The lowest BCUT2D eigenvalue weighted by Crippen LogP contribution is -2.50. The number of ether oxygens (including phenoxy) is 1. The molecule has 0 bridgehead atoms. The quantitative estimate of drug-likeness (QED) is 0.470. The molecule has 178 valence electrons. The number of hydrogen-bond acceptors (Lipinski definition) is 7. The molecule has 0 unspecified atom stereocenters. The smallest absolute Gasteiger partial charge is 0.260 e. The first-order valence-electron chi connectivity index (χ1n) is 11.4. The van der Waals surface area contributed by atoms with E-state index in [-0.39, 0.29) is 11.4 Å². The van der Waals surface area contributed by atoms with Crippen molar-refractivity contribution < 1.29 is 9.53 Å². The highest BCUT2D eigenvalue weighted by atomic mass is 16.5. The van der Waals surface area contributed by atoms with Gasteiger partial charge < -0.3 is 20.3 Å². The lowest BCUT2D eigenvalue weighted by atomic mass is 9.89. The molecule has 1 fully saturated rings. The third-order valence-corrected chi connectivity index (χ3v) is 6.79. The van der Waals surface area contributed by atoms with Gasteiger partial charge in [-0.3, -0.25) is 13.9 Å². The first-order valence-corrected chi connectivity index (χ1v) is 11.4. The van der Waals surface area contributed by atoms with Gasteiger partial charge in [-0.15, -0.1) is 0 Å². The molecule has 10 nitrogen and oxygen atoms in total. The Bertz CT molecular complexity index is 1380. The van der Waals surface area contributed by atoms with Gasteiger partial charge in [0.25, 0.3) is 11.8 Å². The number of methoxy groups -OCH3 is 1. The van der Waals surface area contributed by atoms with Crippen LogP contribution in [-0.2, 0) is 7.05 Å². The Morgan fingerprint density at radius 2 is 1.91 bits per heavy atom. The van der Waals surface area contributed by atoms with Crippen molar-refractivity contribution in [3.8, 4) is 5.88 Å². The fraction of sp³-hybridized carbons (Fsp3) is 0.417. The van der Waals surface area contributed by atoms with Crippen LogP contribution in [0, 0.1) is 6.92 Å². The summed E-state index contributed by atoms with van der Waals surface area (Å²) in [4.78, 5) is 24.5. The van der Waals surface area contributed by atoms with Crippen molar-refractivity contribution in [3.05, 3.63) is 42.0 Å². The van der Waals surface area contributed by atoms with Gasteiger partial charge in [0.05, 0.1) is 24.6 Å². The summed E-state index contributed by atoms with van der Waals surface area (Å²) in [6.07, 6.45) is 7.67. The zero-order valence-electron chi connectivity index (χ0n) is 20.2. The largest absolute Gasteiger partial charge is 0.478 e. The lowest BCUT2D eigenvalue weighted by Gasteiger charge is -2.40. The van der Waals surface area contributed by atoms with E-state index in [9.17, 15) is 4.79 Å². The normalized spacial score (nSPS) is 15.7. The predicted molar refractivity (Wildman–Crippen MR) is 132 cm³/mol. The number of amides is 1. The lowest BCUT2D eigenvalue weighted by molar-refractivity contribution is 0.102. The van der Waals surface area contributed by atoms with Gasteiger partial charge in [-0.05, 0) is 45.9 Å². The second kappa shape index (κ2) is 8.28. The standard InChI is InChI=1S/C24H30N8O2/c1-15-12-32-14-19(28-23(34-5)21(32)26-15)27-22(33)16-6-7-18(17-13-30(4)29-20(16)17)31-10-8-24(2,25-3)9-11-31/h6-7,12-14,25H,8-11H2,1-5H3,(H,27,33). The third-order valence-electron chi connectivity index (χ3n) is 6.79. The number of benzene rings is 1. The molecule has 0 saturated carbocycles. The van der Waals surface area contributed by atoms with Crippen LogP contribution < -0.4 is 20.3 Å². The van der Waals surface area contributed by atoms with Gasteiger partial charge >= 0.3 is 0 Å². The van der Waals surface area contributed by atoms with Gasteiger partial charge in [0.2, 0.25) is 5.65 Å². The number of rotatable bonds is 5. The monoisotopic (exact) mass is 462 g/mol. The molecule has 0 radical (unpaired) electrons. The number of aryl methyl sites for hydroxylation is 2. The van der Waals surface area contributed by atoms with E-state index < -0.39 is 0 Å². The molecule has 2 N–H and O–H groups in total. The number of nitrogens with zero attached hydrogens (tertiary/aromatic N) is 6. The summed E-state index contributed by atoms with van der Waals surface area (Å²) in [6.45, 7) is 6.05. The van der Waals surface area contributed by atoms with E-state index in [0.717, 1.165) is 42.7 Å². The minimum absolute atomic E-state index is 0.160. The Balaban J connectivity index is 1.46. The van der Waals surface area contributed by atoms with Crippen LogP contribution in [0.4, 0.5) is 11.5 Å². The van der Waals surface area contributed by atoms with E-state index in [1.165, 1.54) is 7.11 Å². The molecule has 0 atom stereocenters. The van der Waals surface area contributed by atoms with Gasteiger partial charge in [0.15, 0.2) is 5.82 Å². The van der Waals surface area contributed by atoms with Crippen LogP contribution in [0.2, 0.25) is 0 Å². The molecule has 10 heteroatoms. The van der Waals surface area contributed by atoms with Gasteiger partial charge in [-0.1, -0.05) is 0 Å². The molecule has 1 amide bonds. The van der Waals surface area contributed by atoms with Crippen LogP contribution in [0.1, 0.15) is 35.8 Å². The topological polar surface area (TPSA) is 102 Å². The zero-order valence-corrected chi connectivity index (χ0v) is 20.2. The number of fused-ring (bicyclic) bond motifs is 2. The Labute approximate surface area is 197 Å². The third kappa shape index (κ3) is 3.83. The summed E-state index contributed by atoms with van der Waals surface area (Å²) < 4.78 is 8.93. The van der Waals surface area contributed by atoms with Crippen LogP contribution in [0.3, 0.4) is 0 Å². The summed E-state index contributed by atoms with van der Waals surface area (Å²) in [7, 11) is 5.44. The van der Waals surface area contributed by atoms with Gasteiger partial charge in [0, 0.05) is 49.1 Å². The van der Waals surface area contributed by atoms with Gasteiger partial charge in [0.1, 0.15) is 5.52 Å². The Morgan fingerprint density at radius 3 is 2.62 bits per heavy atom. The Hall–Kier alpha value is -3.66. The molecule has 0 spiro atoms. The maximum atomic E-state index is 13.3. The van der Waals surface area contributed by atoms with Crippen molar-refractivity contribution in [2.45, 2.75) is 32.2 Å². The minimum Gasteiger partial charge on any atom is -0.478 e. The minimum atomic E-state index is -0.276. The fourth-order valence-electron chi connectivity index (χ4n) is 4.63. The van der Waals surface area contributed by atoms with Crippen LogP contribution >= 0.6 is 0 Å². The van der Waals surface area contributed by atoms with Crippen LogP contribution in [0.25, 0.3) is 16.6 Å². The van der Waals surface area contributed by atoms with E-state index >= 15 is 0 Å². The number of anilines is 2. The Morgan fingerprint density at radius 1 is 1.15 bits per heavy atom. The van der Waals surface area contributed by atoms with Crippen molar-refractivity contribution in [3.63, 3.8) is 0 Å². The molecule has 1 aromatic carbocycles. The van der Waals surface area contributed by atoms with Crippen molar-refractivity contribution in [1.82, 2.24) is 29.5 Å². The van der Waals surface area contributed by atoms with E-state index in [4.69, 9.17) is 4.74 Å². The summed E-state index contributed by atoms with van der Waals surface area (Å²) in [5.74, 6) is 0.451. The molecular weight excluding hydrogens is 432 g/mol. The molecule has 1 aliphatic rings. The molecule has 4 heterocycles. The molecular formula is C24H30N8O2. The Kier molecular flexibility index (Phi) is 5.40. The molecule has 1 aliphatic heterocycles. The van der Waals surface area contributed by atoms with E-state index in [0.29, 0.717) is 28.4 Å². The van der Waals surface area contributed by atoms with Gasteiger partial charge in [-0.25, -0.2) is 4.98 Å². The van der Waals surface area contributed by atoms with Crippen molar-refractivity contribution in [1.29, 1.82) is 0 Å².